The van der Waals surface area contributed by atoms with Crippen molar-refractivity contribution in [3.05, 3.63) is 59.2 Å². The van der Waals surface area contributed by atoms with Crippen LogP contribution in [-0.2, 0) is 16.5 Å². The Kier molecular flexibility index (Phi) is 3.86. The summed E-state index contributed by atoms with van der Waals surface area (Å²) in [6, 6.07) is 11.7. The lowest BCUT2D eigenvalue weighted by molar-refractivity contribution is -0.136. The number of hydrogen-bond acceptors (Lipinski definition) is 3. The Morgan fingerprint density at radius 2 is 1.79 bits per heavy atom. The van der Waals surface area contributed by atoms with Gasteiger partial charge in [-0.1, -0.05) is 47.3 Å². The monoisotopic (exact) mass is 330 g/mol. The number of aliphatic imine (C=N–C) groups is 1. The molecule has 0 aliphatic carbocycles. The standard InChI is InChI=1S/C16H15B2F3N2O/c17-11-3-1-2-9(6-11)15(8-24-14(22)23-15)10-4-5-13(18)12(7-10)16(19,20)21/h1-7H,8,17-18H2,(H2,22,23). The number of amidine groups is 1. The van der Waals surface area contributed by atoms with Crippen molar-refractivity contribution in [1.82, 2.24) is 0 Å². The molecule has 1 aliphatic rings. The number of ether oxygens (including phenoxy) is 1. The number of rotatable bonds is 2. The second-order valence-corrected chi connectivity index (χ2v) is 6.00. The maximum absolute atomic E-state index is 13.3. The average Bonchev–Trinajstić information content (AvgIpc) is 2.90. The van der Waals surface area contributed by atoms with Crippen LogP contribution in [0.4, 0.5) is 13.2 Å². The Labute approximate surface area is 139 Å². The molecule has 3 rings (SSSR count). The fourth-order valence-corrected chi connectivity index (χ4v) is 2.98. The molecule has 122 valence electrons. The summed E-state index contributed by atoms with van der Waals surface area (Å²) < 4.78 is 45.2. The fraction of sp³-hybridized carbons (Fsp3) is 0.188. The van der Waals surface area contributed by atoms with E-state index in [9.17, 15) is 13.2 Å². The van der Waals surface area contributed by atoms with Crippen LogP contribution in [0, 0.1) is 0 Å². The molecule has 0 saturated heterocycles. The van der Waals surface area contributed by atoms with Gasteiger partial charge in [0.2, 0.25) is 0 Å². The molecule has 3 nitrogen and oxygen atoms in total. The Balaban J connectivity index is 2.22. The molecule has 0 amide bonds. The van der Waals surface area contributed by atoms with Crippen LogP contribution >= 0.6 is 0 Å². The molecule has 1 heterocycles. The first-order valence-corrected chi connectivity index (χ1v) is 7.46. The van der Waals surface area contributed by atoms with E-state index in [1.807, 2.05) is 32.1 Å². The van der Waals surface area contributed by atoms with E-state index in [1.54, 1.807) is 6.07 Å². The molecule has 2 aromatic rings. The molecule has 1 aliphatic heterocycles. The van der Waals surface area contributed by atoms with Crippen LogP contribution in [0.3, 0.4) is 0 Å². The molecule has 24 heavy (non-hydrogen) atoms. The summed E-state index contributed by atoms with van der Waals surface area (Å²) in [5.74, 6) is 0. The molecule has 1 unspecified atom stereocenters. The van der Waals surface area contributed by atoms with Gasteiger partial charge in [-0.15, -0.1) is 0 Å². The van der Waals surface area contributed by atoms with Crippen molar-refractivity contribution in [3.63, 3.8) is 0 Å². The molecule has 8 heteroatoms. The summed E-state index contributed by atoms with van der Waals surface area (Å²) in [6.07, 6.45) is -4.43. The van der Waals surface area contributed by atoms with Crippen LogP contribution in [0.1, 0.15) is 16.7 Å². The van der Waals surface area contributed by atoms with Crippen LogP contribution in [0.25, 0.3) is 0 Å². The van der Waals surface area contributed by atoms with E-state index in [2.05, 4.69) is 4.99 Å². The molecule has 0 fully saturated rings. The van der Waals surface area contributed by atoms with Crippen molar-refractivity contribution < 1.29 is 17.9 Å². The van der Waals surface area contributed by atoms with Gasteiger partial charge in [-0.2, -0.15) is 13.2 Å². The minimum absolute atomic E-state index is 0.0226. The first-order chi connectivity index (χ1) is 11.2. The van der Waals surface area contributed by atoms with Gasteiger partial charge in [0.25, 0.3) is 6.02 Å². The van der Waals surface area contributed by atoms with Crippen LogP contribution in [0.5, 0.6) is 0 Å². The molecule has 2 aromatic carbocycles. The normalized spacial score (nSPS) is 20.5. The Bertz CT molecular complexity index is 823. The zero-order valence-corrected chi connectivity index (χ0v) is 13.3. The number of benzene rings is 2. The zero-order chi connectivity index (χ0) is 17.5. The van der Waals surface area contributed by atoms with Gasteiger partial charge in [0.15, 0.2) is 0 Å². The zero-order valence-electron chi connectivity index (χ0n) is 13.3. The molecular formula is C16H15B2F3N2O. The van der Waals surface area contributed by atoms with Gasteiger partial charge >= 0.3 is 6.18 Å². The van der Waals surface area contributed by atoms with Crippen LogP contribution < -0.4 is 16.7 Å². The summed E-state index contributed by atoms with van der Waals surface area (Å²) in [5.41, 5.74) is 6.25. The van der Waals surface area contributed by atoms with Gasteiger partial charge in [-0.05, 0) is 17.2 Å². The van der Waals surface area contributed by atoms with Crippen molar-refractivity contribution in [2.45, 2.75) is 11.7 Å². The predicted molar refractivity (Wildman–Crippen MR) is 92.6 cm³/mol. The summed E-state index contributed by atoms with van der Waals surface area (Å²) >= 11 is 0. The van der Waals surface area contributed by atoms with Crippen LogP contribution in [0.2, 0.25) is 0 Å². The van der Waals surface area contributed by atoms with Gasteiger partial charge in [0.05, 0.1) is 0 Å². The molecular weight excluding hydrogens is 315 g/mol. The van der Waals surface area contributed by atoms with E-state index < -0.39 is 17.3 Å². The quantitative estimate of drug-likeness (QED) is 0.776. The van der Waals surface area contributed by atoms with E-state index >= 15 is 0 Å². The second kappa shape index (κ2) is 5.61. The van der Waals surface area contributed by atoms with E-state index in [-0.39, 0.29) is 18.1 Å². The highest BCUT2D eigenvalue weighted by molar-refractivity contribution is 6.33. The van der Waals surface area contributed by atoms with Crippen molar-refractivity contribution in [3.8, 4) is 0 Å². The van der Waals surface area contributed by atoms with Crippen LogP contribution in [0.15, 0.2) is 47.5 Å². The van der Waals surface area contributed by atoms with E-state index in [1.165, 1.54) is 13.9 Å². The summed E-state index contributed by atoms with van der Waals surface area (Å²) in [6.45, 7) is 0.0721. The topological polar surface area (TPSA) is 47.6 Å². The minimum Gasteiger partial charge on any atom is -0.462 e. The van der Waals surface area contributed by atoms with Crippen molar-refractivity contribution in [2.75, 3.05) is 6.61 Å². The van der Waals surface area contributed by atoms with Crippen LogP contribution in [-0.4, -0.2) is 28.3 Å². The SMILES string of the molecule is Bc1cccc(C2(c3ccc(B)c(C(F)(F)F)c3)COC(N)=N2)c1. The highest BCUT2D eigenvalue weighted by Crippen LogP contribution is 2.39. The highest BCUT2D eigenvalue weighted by Gasteiger charge is 2.42. The van der Waals surface area contributed by atoms with Crippen molar-refractivity contribution in [2.24, 2.45) is 10.7 Å². The summed E-state index contributed by atoms with van der Waals surface area (Å²) in [7, 11) is 3.35. The molecule has 2 N–H and O–H groups in total. The van der Waals surface area contributed by atoms with E-state index in [0.717, 1.165) is 17.1 Å². The van der Waals surface area contributed by atoms with Gasteiger partial charge in [0.1, 0.15) is 27.8 Å². The molecule has 0 radical (unpaired) electrons. The minimum atomic E-state index is -4.43. The predicted octanol–water partition coefficient (Wildman–Crippen LogP) is -0.189. The fourth-order valence-electron chi connectivity index (χ4n) is 2.98. The summed E-state index contributed by atoms with van der Waals surface area (Å²) in [5, 5.41) is 0. The van der Waals surface area contributed by atoms with E-state index in [4.69, 9.17) is 10.5 Å². The molecule has 0 aromatic heterocycles. The molecule has 0 spiro atoms. The van der Waals surface area contributed by atoms with Gasteiger partial charge in [-0.25, -0.2) is 4.99 Å². The van der Waals surface area contributed by atoms with Crippen molar-refractivity contribution >= 4 is 32.6 Å². The third-order valence-electron chi connectivity index (χ3n) is 4.25. The molecule has 0 bridgehead atoms. The third kappa shape index (κ3) is 2.77. The number of hydrogen-bond donors (Lipinski definition) is 1. The van der Waals surface area contributed by atoms with Gasteiger partial charge in [-0.3, -0.25) is 0 Å². The lowest BCUT2D eigenvalue weighted by Crippen LogP contribution is -2.30. The smallest absolute Gasteiger partial charge is 0.415 e. The lowest BCUT2D eigenvalue weighted by atomic mass is 9.79. The largest absolute Gasteiger partial charge is 0.462 e. The number of nitrogens with two attached hydrogens (primary N) is 1. The van der Waals surface area contributed by atoms with Crippen molar-refractivity contribution in [1.29, 1.82) is 0 Å². The number of halogens is 3. The lowest BCUT2D eigenvalue weighted by Gasteiger charge is -2.27. The first kappa shape index (κ1) is 16.5. The maximum atomic E-state index is 13.3. The average molecular weight is 330 g/mol. The number of alkyl halides is 3. The second-order valence-electron chi connectivity index (χ2n) is 6.00. The molecule has 0 saturated carbocycles. The van der Waals surface area contributed by atoms with Gasteiger partial charge in [0, 0.05) is 5.56 Å². The Morgan fingerprint density at radius 3 is 2.38 bits per heavy atom. The summed E-state index contributed by atoms with van der Waals surface area (Å²) in [4.78, 5) is 4.36. The highest BCUT2D eigenvalue weighted by atomic mass is 19.4. The molecule has 1 atom stereocenters. The Hall–Kier alpha value is -2.37. The van der Waals surface area contributed by atoms with E-state index in [0.29, 0.717) is 5.56 Å². The third-order valence-corrected chi connectivity index (χ3v) is 4.25. The Morgan fingerprint density at radius 1 is 1.08 bits per heavy atom. The number of nitrogens with zero attached hydrogens (tertiary/aromatic N) is 1. The first-order valence-electron chi connectivity index (χ1n) is 7.46. The van der Waals surface area contributed by atoms with Gasteiger partial charge < -0.3 is 10.5 Å². The maximum Gasteiger partial charge on any atom is 0.415 e.